The SMILES string of the molecule is Cc1c(C(=O)NCc2ccc3ccccc3c2)nnn1C1CCNCC1. The summed E-state index contributed by atoms with van der Waals surface area (Å²) < 4.78 is 1.91. The number of carbonyl (C=O) groups is 1. The molecule has 1 saturated heterocycles. The molecule has 0 bridgehead atoms. The van der Waals surface area contributed by atoms with Crippen LogP contribution in [-0.2, 0) is 6.54 Å². The number of nitrogens with zero attached hydrogens (tertiary/aromatic N) is 3. The van der Waals surface area contributed by atoms with Crippen LogP contribution >= 0.6 is 0 Å². The van der Waals surface area contributed by atoms with Gasteiger partial charge in [0.2, 0.25) is 0 Å². The lowest BCUT2D eigenvalue weighted by Crippen LogP contribution is -2.30. The number of benzene rings is 2. The van der Waals surface area contributed by atoms with Crippen LogP contribution in [0.25, 0.3) is 10.8 Å². The molecule has 2 aromatic carbocycles. The van der Waals surface area contributed by atoms with Crippen molar-refractivity contribution in [3.05, 3.63) is 59.4 Å². The van der Waals surface area contributed by atoms with E-state index < -0.39 is 0 Å². The molecule has 3 aromatic rings. The molecule has 0 aliphatic carbocycles. The maximum Gasteiger partial charge on any atom is 0.274 e. The number of nitrogens with one attached hydrogen (secondary N) is 2. The third kappa shape index (κ3) is 3.32. The largest absolute Gasteiger partial charge is 0.347 e. The Labute approximate surface area is 152 Å². The Morgan fingerprint density at radius 3 is 2.77 bits per heavy atom. The number of amides is 1. The Morgan fingerprint density at radius 1 is 1.19 bits per heavy atom. The minimum absolute atomic E-state index is 0.171. The molecule has 2 heterocycles. The summed E-state index contributed by atoms with van der Waals surface area (Å²) in [5.74, 6) is -0.171. The van der Waals surface area contributed by atoms with Crippen LogP contribution in [0.4, 0.5) is 0 Å². The summed E-state index contributed by atoms with van der Waals surface area (Å²) in [6.45, 7) is 4.36. The van der Waals surface area contributed by atoms with E-state index in [-0.39, 0.29) is 5.91 Å². The van der Waals surface area contributed by atoms with Gasteiger partial charge in [-0.25, -0.2) is 4.68 Å². The Hall–Kier alpha value is -2.73. The minimum Gasteiger partial charge on any atom is -0.347 e. The number of hydrogen-bond donors (Lipinski definition) is 2. The van der Waals surface area contributed by atoms with E-state index in [1.807, 2.05) is 29.8 Å². The molecule has 0 spiro atoms. The van der Waals surface area contributed by atoms with Gasteiger partial charge in [-0.3, -0.25) is 4.79 Å². The van der Waals surface area contributed by atoms with Gasteiger partial charge < -0.3 is 10.6 Å². The predicted molar refractivity (Wildman–Crippen MR) is 101 cm³/mol. The van der Waals surface area contributed by atoms with Crippen LogP contribution in [0.2, 0.25) is 0 Å². The highest BCUT2D eigenvalue weighted by molar-refractivity contribution is 5.93. The Balaban J connectivity index is 1.45. The molecular formula is C20H23N5O. The predicted octanol–water partition coefficient (Wildman–Crippen LogP) is 2.59. The topological polar surface area (TPSA) is 71.8 Å². The molecule has 1 aromatic heterocycles. The molecule has 6 nitrogen and oxygen atoms in total. The highest BCUT2D eigenvalue weighted by Crippen LogP contribution is 2.20. The van der Waals surface area contributed by atoms with Gasteiger partial charge in [0.25, 0.3) is 5.91 Å². The highest BCUT2D eigenvalue weighted by atomic mass is 16.2. The van der Waals surface area contributed by atoms with Crippen molar-refractivity contribution in [2.24, 2.45) is 0 Å². The van der Waals surface area contributed by atoms with Gasteiger partial charge in [-0.1, -0.05) is 41.6 Å². The van der Waals surface area contributed by atoms with Crippen molar-refractivity contribution < 1.29 is 4.79 Å². The smallest absolute Gasteiger partial charge is 0.274 e. The van der Waals surface area contributed by atoms with Gasteiger partial charge in [-0.2, -0.15) is 0 Å². The molecule has 1 aliphatic rings. The normalized spacial score (nSPS) is 15.3. The lowest BCUT2D eigenvalue weighted by molar-refractivity contribution is 0.0945. The van der Waals surface area contributed by atoms with Crippen LogP contribution in [0.1, 0.15) is 40.6 Å². The number of aromatic nitrogens is 3. The maximum atomic E-state index is 12.6. The van der Waals surface area contributed by atoms with Crippen molar-refractivity contribution in [3.8, 4) is 0 Å². The van der Waals surface area contributed by atoms with Gasteiger partial charge in [0.15, 0.2) is 5.69 Å². The summed E-state index contributed by atoms with van der Waals surface area (Å²) in [7, 11) is 0. The zero-order valence-electron chi connectivity index (χ0n) is 14.9. The van der Waals surface area contributed by atoms with Crippen molar-refractivity contribution in [2.75, 3.05) is 13.1 Å². The Bertz CT molecular complexity index is 927. The van der Waals surface area contributed by atoms with E-state index in [0.29, 0.717) is 18.3 Å². The van der Waals surface area contributed by atoms with Crippen LogP contribution in [0, 0.1) is 6.92 Å². The fraction of sp³-hybridized carbons (Fsp3) is 0.350. The first-order chi connectivity index (χ1) is 12.7. The van der Waals surface area contributed by atoms with E-state index in [2.05, 4.69) is 45.2 Å². The summed E-state index contributed by atoms with van der Waals surface area (Å²) in [6, 6.07) is 14.8. The zero-order valence-corrected chi connectivity index (χ0v) is 14.9. The molecule has 1 aliphatic heterocycles. The van der Waals surface area contributed by atoms with Crippen LogP contribution < -0.4 is 10.6 Å². The van der Waals surface area contributed by atoms with Gasteiger partial charge in [0.1, 0.15) is 0 Å². The van der Waals surface area contributed by atoms with E-state index in [1.54, 1.807) is 0 Å². The van der Waals surface area contributed by atoms with Gasteiger partial charge in [-0.05, 0) is 55.3 Å². The molecule has 134 valence electrons. The summed E-state index contributed by atoms with van der Waals surface area (Å²) >= 11 is 0. The molecule has 1 fully saturated rings. The van der Waals surface area contributed by atoms with Gasteiger partial charge in [-0.15, -0.1) is 5.10 Å². The van der Waals surface area contributed by atoms with Crippen molar-refractivity contribution >= 4 is 16.7 Å². The number of rotatable bonds is 4. The molecule has 0 unspecified atom stereocenters. The quantitative estimate of drug-likeness (QED) is 0.759. The molecule has 2 N–H and O–H groups in total. The molecule has 1 amide bonds. The third-order valence-electron chi connectivity index (χ3n) is 5.06. The number of fused-ring (bicyclic) bond motifs is 1. The summed E-state index contributed by atoms with van der Waals surface area (Å²) in [4.78, 5) is 12.6. The Kier molecular flexibility index (Phi) is 4.67. The van der Waals surface area contributed by atoms with E-state index >= 15 is 0 Å². The molecule has 6 heteroatoms. The van der Waals surface area contributed by atoms with Crippen molar-refractivity contribution in [3.63, 3.8) is 0 Å². The van der Waals surface area contributed by atoms with Crippen molar-refractivity contribution in [2.45, 2.75) is 32.4 Å². The zero-order chi connectivity index (χ0) is 17.9. The van der Waals surface area contributed by atoms with E-state index in [0.717, 1.165) is 37.2 Å². The first kappa shape index (κ1) is 16.7. The van der Waals surface area contributed by atoms with Gasteiger partial charge in [0, 0.05) is 6.54 Å². The van der Waals surface area contributed by atoms with E-state index in [4.69, 9.17) is 0 Å². The average Bonchev–Trinajstić information content (AvgIpc) is 3.08. The van der Waals surface area contributed by atoms with E-state index in [1.165, 1.54) is 10.8 Å². The summed E-state index contributed by atoms with van der Waals surface area (Å²) in [6.07, 6.45) is 2.03. The number of hydrogen-bond acceptors (Lipinski definition) is 4. The van der Waals surface area contributed by atoms with Gasteiger partial charge >= 0.3 is 0 Å². The molecular weight excluding hydrogens is 326 g/mol. The van der Waals surface area contributed by atoms with Crippen molar-refractivity contribution in [1.29, 1.82) is 0 Å². The minimum atomic E-state index is -0.171. The first-order valence-corrected chi connectivity index (χ1v) is 9.11. The number of piperidine rings is 1. The fourth-order valence-electron chi connectivity index (χ4n) is 3.56. The highest BCUT2D eigenvalue weighted by Gasteiger charge is 2.22. The average molecular weight is 349 g/mol. The van der Waals surface area contributed by atoms with Crippen LogP contribution in [-0.4, -0.2) is 34.0 Å². The Morgan fingerprint density at radius 2 is 1.96 bits per heavy atom. The maximum absolute atomic E-state index is 12.6. The first-order valence-electron chi connectivity index (χ1n) is 9.11. The van der Waals surface area contributed by atoms with Crippen LogP contribution in [0.15, 0.2) is 42.5 Å². The van der Waals surface area contributed by atoms with Crippen LogP contribution in [0.5, 0.6) is 0 Å². The second-order valence-corrected chi connectivity index (χ2v) is 6.81. The van der Waals surface area contributed by atoms with Gasteiger partial charge in [0.05, 0.1) is 11.7 Å². The van der Waals surface area contributed by atoms with Crippen LogP contribution in [0.3, 0.4) is 0 Å². The standard InChI is InChI=1S/C20H23N5O/c1-14-19(23-24-25(14)18-8-10-21-11-9-18)20(26)22-13-15-6-7-16-4-2-3-5-17(16)12-15/h2-7,12,18,21H,8-11,13H2,1H3,(H,22,26). The molecule has 0 saturated carbocycles. The molecule has 26 heavy (non-hydrogen) atoms. The summed E-state index contributed by atoms with van der Waals surface area (Å²) in [5, 5.41) is 17.1. The molecule has 0 atom stereocenters. The summed E-state index contributed by atoms with van der Waals surface area (Å²) in [5.41, 5.74) is 2.33. The third-order valence-corrected chi connectivity index (χ3v) is 5.06. The van der Waals surface area contributed by atoms with E-state index in [9.17, 15) is 4.79 Å². The second-order valence-electron chi connectivity index (χ2n) is 6.81. The van der Waals surface area contributed by atoms with Crippen molar-refractivity contribution in [1.82, 2.24) is 25.6 Å². The second kappa shape index (κ2) is 7.25. The fourth-order valence-corrected chi connectivity index (χ4v) is 3.56. The molecule has 0 radical (unpaired) electrons. The number of carbonyl (C=O) groups excluding carboxylic acids is 1. The lowest BCUT2D eigenvalue weighted by Gasteiger charge is -2.23. The monoisotopic (exact) mass is 349 g/mol. The lowest BCUT2D eigenvalue weighted by atomic mass is 10.1. The molecule has 4 rings (SSSR count).